The van der Waals surface area contributed by atoms with Gasteiger partial charge in [-0.05, 0) is 37.6 Å². The highest BCUT2D eigenvalue weighted by atomic mass is 16.2. The maximum atomic E-state index is 12.7. The lowest BCUT2D eigenvalue weighted by atomic mass is 10.1. The molecule has 0 fully saturated rings. The summed E-state index contributed by atoms with van der Waals surface area (Å²) in [5, 5.41) is 0. The molecule has 0 spiro atoms. The van der Waals surface area contributed by atoms with Gasteiger partial charge in [-0.3, -0.25) is 4.79 Å². The number of rotatable bonds is 4. The molecule has 0 aliphatic carbocycles. The molecular formula is C17H19NO. The molecular weight excluding hydrogens is 234 g/mol. The predicted octanol–water partition coefficient (Wildman–Crippen LogP) is 4.13. The predicted molar refractivity (Wildman–Crippen MR) is 79.4 cm³/mol. The minimum absolute atomic E-state index is 0.0566. The zero-order chi connectivity index (χ0) is 13.7. The molecule has 0 saturated heterocycles. The van der Waals surface area contributed by atoms with Gasteiger partial charge < -0.3 is 4.90 Å². The molecule has 2 rings (SSSR count). The zero-order valence-electron chi connectivity index (χ0n) is 11.4. The molecule has 1 amide bonds. The Morgan fingerprint density at radius 2 is 1.53 bits per heavy atom. The Hall–Kier alpha value is -2.09. The number of para-hydroxylation sites is 1. The number of nitrogens with zero attached hydrogens (tertiary/aromatic N) is 1. The maximum absolute atomic E-state index is 12.7. The van der Waals surface area contributed by atoms with Crippen LogP contribution >= 0.6 is 0 Å². The average molecular weight is 253 g/mol. The van der Waals surface area contributed by atoms with E-state index in [1.165, 1.54) is 0 Å². The zero-order valence-corrected chi connectivity index (χ0v) is 11.4. The van der Waals surface area contributed by atoms with Crippen LogP contribution in [0.25, 0.3) is 0 Å². The topological polar surface area (TPSA) is 20.3 Å². The molecule has 0 saturated carbocycles. The van der Waals surface area contributed by atoms with E-state index in [1.807, 2.05) is 65.6 Å². The second-order valence-corrected chi connectivity index (χ2v) is 4.63. The summed E-state index contributed by atoms with van der Waals surface area (Å²) in [6, 6.07) is 19.5. The van der Waals surface area contributed by atoms with Crippen molar-refractivity contribution in [1.82, 2.24) is 0 Å². The van der Waals surface area contributed by atoms with Crippen molar-refractivity contribution in [3.05, 3.63) is 66.2 Å². The molecule has 0 aromatic heterocycles. The summed E-state index contributed by atoms with van der Waals surface area (Å²) < 4.78 is 0. The summed E-state index contributed by atoms with van der Waals surface area (Å²) in [5.74, 6) is 0.0566. The van der Waals surface area contributed by atoms with Crippen molar-refractivity contribution < 1.29 is 4.79 Å². The van der Waals surface area contributed by atoms with E-state index >= 15 is 0 Å². The molecule has 0 heterocycles. The van der Waals surface area contributed by atoms with Gasteiger partial charge in [0.05, 0.1) is 0 Å². The normalized spacial score (nSPS) is 11.9. The number of carbonyl (C=O) groups excluding carboxylic acids is 1. The summed E-state index contributed by atoms with van der Waals surface area (Å²) in [6.07, 6.45) is 0.924. The van der Waals surface area contributed by atoms with Crippen molar-refractivity contribution in [3.8, 4) is 0 Å². The van der Waals surface area contributed by atoms with Crippen LogP contribution in [0.4, 0.5) is 5.69 Å². The summed E-state index contributed by atoms with van der Waals surface area (Å²) in [6.45, 7) is 4.17. The van der Waals surface area contributed by atoms with Crippen LogP contribution in [0.15, 0.2) is 60.7 Å². The fourth-order valence-corrected chi connectivity index (χ4v) is 2.06. The van der Waals surface area contributed by atoms with Crippen LogP contribution in [0.2, 0.25) is 0 Å². The van der Waals surface area contributed by atoms with Gasteiger partial charge in [0.15, 0.2) is 0 Å². The first-order valence-electron chi connectivity index (χ1n) is 6.67. The van der Waals surface area contributed by atoms with Gasteiger partial charge in [-0.2, -0.15) is 0 Å². The fourth-order valence-electron chi connectivity index (χ4n) is 2.06. The van der Waals surface area contributed by atoms with Gasteiger partial charge in [-0.15, -0.1) is 0 Å². The first kappa shape index (κ1) is 13.3. The molecule has 0 bridgehead atoms. The highest BCUT2D eigenvalue weighted by molar-refractivity contribution is 6.06. The molecule has 2 nitrogen and oxygen atoms in total. The van der Waals surface area contributed by atoms with Crippen molar-refractivity contribution in [3.63, 3.8) is 0 Å². The van der Waals surface area contributed by atoms with Crippen LogP contribution in [-0.4, -0.2) is 11.9 Å². The Kier molecular flexibility index (Phi) is 4.35. The van der Waals surface area contributed by atoms with Crippen LogP contribution in [0, 0.1) is 0 Å². The lowest BCUT2D eigenvalue weighted by Gasteiger charge is -2.28. The quantitative estimate of drug-likeness (QED) is 0.802. The third kappa shape index (κ3) is 3.02. The Morgan fingerprint density at radius 1 is 1.00 bits per heavy atom. The van der Waals surface area contributed by atoms with E-state index in [0.717, 1.165) is 17.7 Å². The summed E-state index contributed by atoms with van der Waals surface area (Å²) in [4.78, 5) is 14.5. The van der Waals surface area contributed by atoms with E-state index in [0.29, 0.717) is 0 Å². The first-order valence-corrected chi connectivity index (χ1v) is 6.67. The third-order valence-electron chi connectivity index (χ3n) is 3.31. The van der Waals surface area contributed by atoms with Gasteiger partial charge in [-0.25, -0.2) is 0 Å². The number of hydrogen-bond donors (Lipinski definition) is 0. The first-order chi connectivity index (χ1) is 9.24. The van der Waals surface area contributed by atoms with Gasteiger partial charge in [-0.1, -0.05) is 43.3 Å². The van der Waals surface area contributed by atoms with Gasteiger partial charge >= 0.3 is 0 Å². The highest BCUT2D eigenvalue weighted by Gasteiger charge is 2.21. The summed E-state index contributed by atoms with van der Waals surface area (Å²) in [7, 11) is 0. The van der Waals surface area contributed by atoms with Crippen molar-refractivity contribution in [2.75, 3.05) is 4.90 Å². The number of anilines is 1. The Morgan fingerprint density at radius 3 is 2.05 bits per heavy atom. The van der Waals surface area contributed by atoms with Gasteiger partial charge in [0, 0.05) is 17.3 Å². The molecule has 0 unspecified atom stereocenters. The second kappa shape index (κ2) is 6.19. The molecule has 0 aliphatic rings. The Bertz CT molecular complexity index is 521. The molecule has 98 valence electrons. The lowest BCUT2D eigenvalue weighted by molar-refractivity contribution is 0.0978. The second-order valence-electron chi connectivity index (χ2n) is 4.63. The third-order valence-corrected chi connectivity index (χ3v) is 3.31. The van der Waals surface area contributed by atoms with Crippen molar-refractivity contribution in [2.24, 2.45) is 0 Å². The smallest absolute Gasteiger partial charge is 0.258 e. The van der Waals surface area contributed by atoms with Crippen LogP contribution < -0.4 is 4.90 Å². The van der Waals surface area contributed by atoms with Gasteiger partial charge in [0.2, 0.25) is 0 Å². The number of hydrogen-bond acceptors (Lipinski definition) is 1. The van der Waals surface area contributed by atoms with Crippen molar-refractivity contribution in [1.29, 1.82) is 0 Å². The van der Waals surface area contributed by atoms with E-state index in [2.05, 4.69) is 13.8 Å². The lowest BCUT2D eigenvalue weighted by Crippen LogP contribution is -2.38. The number of carbonyl (C=O) groups is 1. The van der Waals surface area contributed by atoms with Crippen LogP contribution in [0.1, 0.15) is 30.6 Å². The van der Waals surface area contributed by atoms with E-state index < -0.39 is 0 Å². The molecule has 2 aromatic rings. The Labute approximate surface area is 114 Å². The van der Waals surface area contributed by atoms with E-state index in [4.69, 9.17) is 0 Å². The number of benzene rings is 2. The van der Waals surface area contributed by atoms with Gasteiger partial charge in [0.1, 0.15) is 0 Å². The molecule has 0 aliphatic heterocycles. The SMILES string of the molecule is CC[C@H](C)N(C(=O)c1ccccc1)c1ccccc1. The summed E-state index contributed by atoms with van der Waals surface area (Å²) >= 11 is 0. The average Bonchev–Trinajstić information content (AvgIpc) is 2.49. The van der Waals surface area contributed by atoms with Gasteiger partial charge in [0.25, 0.3) is 5.91 Å². The van der Waals surface area contributed by atoms with Crippen molar-refractivity contribution in [2.45, 2.75) is 26.3 Å². The summed E-state index contributed by atoms with van der Waals surface area (Å²) in [5.41, 5.74) is 1.68. The van der Waals surface area contributed by atoms with E-state index in [1.54, 1.807) is 0 Å². The van der Waals surface area contributed by atoms with Crippen LogP contribution in [0.3, 0.4) is 0 Å². The van der Waals surface area contributed by atoms with Crippen LogP contribution in [-0.2, 0) is 0 Å². The fraction of sp³-hybridized carbons (Fsp3) is 0.235. The largest absolute Gasteiger partial charge is 0.306 e. The van der Waals surface area contributed by atoms with E-state index in [9.17, 15) is 4.79 Å². The van der Waals surface area contributed by atoms with Crippen molar-refractivity contribution >= 4 is 11.6 Å². The highest BCUT2D eigenvalue weighted by Crippen LogP contribution is 2.21. The molecule has 2 heteroatoms. The minimum atomic E-state index is 0.0566. The minimum Gasteiger partial charge on any atom is -0.306 e. The monoisotopic (exact) mass is 253 g/mol. The molecule has 0 radical (unpaired) electrons. The van der Waals surface area contributed by atoms with E-state index in [-0.39, 0.29) is 11.9 Å². The molecule has 2 aromatic carbocycles. The molecule has 19 heavy (non-hydrogen) atoms. The maximum Gasteiger partial charge on any atom is 0.258 e. The molecule has 1 atom stereocenters. The van der Waals surface area contributed by atoms with Crippen LogP contribution in [0.5, 0.6) is 0 Å². The number of amides is 1. The standard InChI is InChI=1S/C17H19NO/c1-3-14(2)18(16-12-8-5-9-13-16)17(19)15-10-6-4-7-11-15/h4-14H,3H2,1-2H3/t14-/m0/s1. The molecule has 0 N–H and O–H groups in total. The Balaban J connectivity index is 2.37.